The molecule has 0 aromatic carbocycles. The number of hydrogen-bond acceptors (Lipinski definition) is 11. The SMILES string of the molecule is CC(=O)[N-]S(=O)(=O)OC[C@H]1O[C@@H](n2cnc3c(N)ncnc32)[C@H](O)[C@@H]1O.[Na+]. The molecule has 0 radical (unpaired) electrons. The van der Waals surface area contributed by atoms with Crippen LogP contribution < -0.4 is 35.3 Å². The molecular weight excluding hydrogens is 395 g/mol. The van der Waals surface area contributed by atoms with Gasteiger partial charge >= 0.3 is 29.6 Å². The van der Waals surface area contributed by atoms with E-state index >= 15 is 0 Å². The normalized spacial score (nSPS) is 25.3. The van der Waals surface area contributed by atoms with Crippen LogP contribution in [0, 0.1) is 0 Å². The van der Waals surface area contributed by atoms with Gasteiger partial charge in [0.15, 0.2) is 17.7 Å². The molecule has 2 aromatic rings. The molecular formula is C12H15N6NaO7S. The third-order valence-corrected chi connectivity index (χ3v) is 4.53. The first-order valence-electron chi connectivity index (χ1n) is 7.27. The van der Waals surface area contributed by atoms with E-state index in [9.17, 15) is 23.4 Å². The van der Waals surface area contributed by atoms with Crippen LogP contribution in [0.1, 0.15) is 13.2 Å². The van der Waals surface area contributed by atoms with E-state index in [2.05, 4.69) is 23.9 Å². The zero-order chi connectivity index (χ0) is 19.1. The van der Waals surface area contributed by atoms with Gasteiger partial charge in [-0.05, 0) is 6.92 Å². The van der Waals surface area contributed by atoms with Crippen molar-refractivity contribution in [3.05, 3.63) is 17.4 Å². The second-order valence-electron chi connectivity index (χ2n) is 5.45. The summed E-state index contributed by atoms with van der Waals surface area (Å²) in [4.78, 5) is 22.6. The number of nitrogen functional groups attached to an aromatic ring is 1. The first-order valence-corrected chi connectivity index (χ1v) is 8.63. The zero-order valence-electron chi connectivity index (χ0n) is 14.3. The van der Waals surface area contributed by atoms with Gasteiger partial charge in [-0.1, -0.05) is 0 Å². The first kappa shape index (κ1) is 21.9. The molecule has 0 spiro atoms. The Kier molecular flexibility index (Phi) is 6.75. The van der Waals surface area contributed by atoms with Crippen LogP contribution in [0.15, 0.2) is 12.7 Å². The molecule has 15 heteroatoms. The molecule has 142 valence electrons. The minimum Gasteiger partial charge on any atom is -0.523 e. The van der Waals surface area contributed by atoms with Gasteiger partial charge in [0.25, 0.3) is 0 Å². The molecule has 1 aliphatic heterocycles. The van der Waals surface area contributed by atoms with Crippen LogP contribution in [0.25, 0.3) is 15.9 Å². The van der Waals surface area contributed by atoms with Gasteiger partial charge in [0.05, 0.1) is 18.8 Å². The van der Waals surface area contributed by atoms with Crippen molar-refractivity contribution in [2.75, 3.05) is 12.3 Å². The Balaban J connectivity index is 0.00000261. The van der Waals surface area contributed by atoms with E-state index in [1.165, 1.54) is 17.2 Å². The molecule has 1 fully saturated rings. The first-order chi connectivity index (χ1) is 12.2. The number of aliphatic hydroxyl groups excluding tert-OH is 2. The van der Waals surface area contributed by atoms with E-state index in [0.29, 0.717) is 0 Å². The van der Waals surface area contributed by atoms with Crippen LogP contribution in [-0.4, -0.2) is 69.0 Å². The summed E-state index contributed by atoms with van der Waals surface area (Å²) in [6, 6.07) is 0. The molecule has 4 atom stereocenters. The maximum absolute atomic E-state index is 11.5. The van der Waals surface area contributed by atoms with E-state index in [4.69, 9.17) is 10.5 Å². The fourth-order valence-corrected chi connectivity index (χ4v) is 3.16. The van der Waals surface area contributed by atoms with E-state index in [1.807, 2.05) is 0 Å². The number of fused-ring (bicyclic) bond motifs is 1. The van der Waals surface area contributed by atoms with Gasteiger partial charge in [-0.2, -0.15) is 0 Å². The summed E-state index contributed by atoms with van der Waals surface area (Å²) < 4.78 is 37.1. The Labute approximate surface area is 175 Å². The second-order valence-corrected chi connectivity index (χ2v) is 6.73. The van der Waals surface area contributed by atoms with Crippen molar-refractivity contribution in [1.29, 1.82) is 0 Å². The largest absolute Gasteiger partial charge is 1.00 e. The Hall–Kier alpha value is -1.39. The molecule has 3 rings (SSSR count). The van der Waals surface area contributed by atoms with Crippen LogP contribution in [0.4, 0.5) is 5.82 Å². The number of aromatic nitrogens is 4. The number of nitrogens with two attached hydrogens (primary N) is 1. The molecule has 4 N–H and O–H groups in total. The Morgan fingerprint density at radius 1 is 1.37 bits per heavy atom. The number of rotatable bonds is 5. The van der Waals surface area contributed by atoms with E-state index in [1.54, 1.807) is 0 Å². The quantitative estimate of drug-likeness (QED) is 0.400. The molecule has 1 saturated heterocycles. The second kappa shape index (κ2) is 8.32. The van der Waals surface area contributed by atoms with Crippen LogP contribution in [0.3, 0.4) is 0 Å². The van der Waals surface area contributed by atoms with E-state index in [-0.39, 0.29) is 46.5 Å². The van der Waals surface area contributed by atoms with Crippen LogP contribution in [0.5, 0.6) is 0 Å². The Morgan fingerprint density at radius 2 is 2.07 bits per heavy atom. The fraction of sp³-hybridized carbons (Fsp3) is 0.500. The van der Waals surface area contributed by atoms with Gasteiger partial charge in [-0.3, -0.25) is 8.75 Å². The maximum Gasteiger partial charge on any atom is 1.00 e. The number of ether oxygens (including phenoxy) is 1. The molecule has 2 aromatic heterocycles. The number of amides is 1. The monoisotopic (exact) mass is 410 g/mol. The minimum absolute atomic E-state index is 0. The Bertz CT molecular complexity index is 937. The molecule has 0 unspecified atom stereocenters. The topological polar surface area (TPSA) is 194 Å². The average Bonchev–Trinajstić information content (AvgIpc) is 3.08. The van der Waals surface area contributed by atoms with Crippen molar-refractivity contribution >= 4 is 33.2 Å². The van der Waals surface area contributed by atoms with Crippen molar-refractivity contribution in [2.24, 2.45) is 0 Å². The summed E-state index contributed by atoms with van der Waals surface area (Å²) in [6.07, 6.45) is -2.73. The molecule has 1 aliphatic rings. The van der Waals surface area contributed by atoms with Crippen molar-refractivity contribution in [3.8, 4) is 0 Å². The average molecular weight is 410 g/mol. The summed E-state index contributed by atoms with van der Waals surface area (Å²) >= 11 is 0. The predicted octanol–water partition coefficient (Wildman–Crippen LogP) is -4.79. The molecule has 0 bridgehead atoms. The van der Waals surface area contributed by atoms with E-state index in [0.717, 1.165) is 6.92 Å². The summed E-state index contributed by atoms with van der Waals surface area (Å²) in [5.74, 6) is -0.837. The summed E-state index contributed by atoms with van der Waals surface area (Å²) in [5.41, 5.74) is 6.23. The molecule has 27 heavy (non-hydrogen) atoms. The molecule has 3 heterocycles. The fourth-order valence-electron chi connectivity index (χ4n) is 2.49. The number of hydrogen-bond donors (Lipinski definition) is 3. The molecule has 1 amide bonds. The number of carbonyl (C=O) groups is 1. The standard InChI is InChI=1S/C12H16N6O7S.Na/c1-5(19)17-26(22,23)24-2-6-8(20)9(21)12(25-6)18-4-16-7-10(13)14-3-15-11(7)18;/h3-4,6,8-9,12,20-21H,2H2,1H3,(H3,13,14,15,17,19);/q;+1/p-1/t6-,8-,9-,12-;/m1./s1. The van der Waals surface area contributed by atoms with Gasteiger partial charge < -0.3 is 30.2 Å². The zero-order valence-corrected chi connectivity index (χ0v) is 17.1. The number of aliphatic hydroxyl groups is 2. The van der Waals surface area contributed by atoms with Gasteiger partial charge in [-0.25, -0.2) is 23.4 Å². The van der Waals surface area contributed by atoms with Crippen LogP contribution >= 0.6 is 0 Å². The predicted molar refractivity (Wildman–Crippen MR) is 84.6 cm³/mol. The van der Waals surface area contributed by atoms with Crippen molar-refractivity contribution < 1.29 is 61.9 Å². The van der Waals surface area contributed by atoms with Crippen LogP contribution in [0.2, 0.25) is 0 Å². The van der Waals surface area contributed by atoms with Gasteiger partial charge in [0, 0.05) is 0 Å². The van der Waals surface area contributed by atoms with E-state index < -0.39 is 47.4 Å². The molecule has 13 nitrogen and oxygen atoms in total. The summed E-state index contributed by atoms with van der Waals surface area (Å²) in [6.45, 7) is 0.289. The van der Waals surface area contributed by atoms with Crippen molar-refractivity contribution in [2.45, 2.75) is 31.5 Å². The van der Waals surface area contributed by atoms with Gasteiger partial charge in [-0.15, -0.1) is 0 Å². The maximum atomic E-state index is 11.5. The molecule has 0 aliphatic carbocycles. The molecule has 0 saturated carbocycles. The van der Waals surface area contributed by atoms with Gasteiger partial charge in [0.1, 0.15) is 30.2 Å². The smallest absolute Gasteiger partial charge is 0.523 e. The van der Waals surface area contributed by atoms with Crippen LogP contribution in [-0.2, 0) is 24.0 Å². The summed E-state index contributed by atoms with van der Waals surface area (Å²) in [5, 5.41) is 20.3. The number of anilines is 1. The third kappa shape index (κ3) is 4.55. The Morgan fingerprint density at radius 3 is 2.74 bits per heavy atom. The van der Waals surface area contributed by atoms with Gasteiger partial charge in [0.2, 0.25) is 10.3 Å². The third-order valence-electron chi connectivity index (χ3n) is 3.62. The van der Waals surface area contributed by atoms with Crippen molar-refractivity contribution in [3.63, 3.8) is 0 Å². The number of imidazole rings is 1. The minimum atomic E-state index is -4.47. The number of nitrogens with zero attached hydrogens (tertiary/aromatic N) is 5. The number of carbonyl (C=O) groups excluding carboxylic acids is 1. The summed E-state index contributed by atoms with van der Waals surface area (Å²) in [7, 11) is -4.47. The van der Waals surface area contributed by atoms with Crippen molar-refractivity contribution in [1.82, 2.24) is 19.5 Å².